The molecule has 1 aliphatic heterocycles. The third-order valence-corrected chi connectivity index (χ3v) is 4.43. The van der Waals surface area contributed by atoms with Gasteiger partial charge in [-0.05, 0) is 30.2 Å². The number of nitrogens with zero attached hydrogens (tertiary/aromatic N) is 2. The Bertz CT molecular complexity index is 934. The van der Waals surface area contributed by atoms with Gasteiger partial charge in [0.05, 0.1) is 11.0 Å². The number of aromatic amines is 1. The summed E-state index contributed by atoms with van der Waals surface area (Å²) in [4.78, 5) is 28.9. The lowest BCUT2D eigenvalue weighted by atomic mass is 9.98. The van der Waals surface area contributed by atoms with Crippen LogP contribution in [0.3, 0.4) is 0 Å². The maximum absolute atomic E-state index is 9.10. The van der Waals surface area contributed by atoms with Gasteiger partial charge in [0.25, 0.3) is 0 Å². The Morgan fingerprint density at radius 3 is 2.41 bits per heavy atom. The third kappa shape index (κ3) is 4.71. The molecule has 3 N–H and O–H groups in total. The highest BCUT2D eigenvalue weighted by molar-refractivity contribution is 6.27. The van der Waals surface area contributed by atoms with Crippen LogP contribution in [-0.4, -0.2) is 50.1 Å². The molecular formula is C20H21N3O4. The Hall–Kier alpha value is -3.19. The number of imidazole rings is 1. The summed E-state index contributed by atoms with van der Waals surface area (Å²) in [6, 6.07) is 17.1. The second kappa shape index (κ2) is 8.01. The number of carbonyl (C=O) groups is 2. The molecule has 0 saturated carbocycles. The minimum absolute atomic E-state index is 0.543. The van der Waals surface area contributed by atoms with Crippen LogP contribution in [0.15, 0.2) is 48.5 Å². The van der Waals surface area contributed by atoms with Crippen LogP contribution in [0.2, 0.25) is 0 Å². The molecule has 0 bridgehead atoms. The first-order chi connectivity index (χ1) is 12.9. The van der Waals surface area contributed by atoms with Crippen molar-refractivity contribution in [3.63, 3.8) is 0 Å². The molecule has 2 aromatic carbocycles. The van der Waals surface area contributed by atoms with Gasteiger partial charge >= 0.3 is 11.9 Å². The van der Waals surface area contributed by atoms with Gasteiger partial charge in [-0.3, -0.25) is 4.90 Å². The van der Waals surface area contributed by atoms with E-state index in [2.05, 4.69) is 65.3 Å². The highest BCUT2D eigenvalue weighted by atomic mass is 16.4. The second-order valence-corrected chi connectivity index (χ2v) is 6.63. The summed E-state index contributed by atoms with van der Waals surface area (Å²) in [5, 5.41) is 14.8. The van der Waals surface area contributed by atoms with Gasteiger partial charge in [0.1, 0.15) is 5.82 Å². The van der Waals surface area contributed by atoms with Crippen LogP contribution >= 0.6 is 0 Å². The number of likely N-dealkylation sites (tertiary alicyclic amines) is 1. The van der Waals surface area contributed by atoms with E-state index in [-0.39, 0.29) is 0 Å². The standard InChI is InChI=1S/C18H19N3.C2H2O4/c1-13-7-8-16-17(9-13)20-18(19-16)15-11-21(12-15)10-14-5-3-2-4-6-14;3-1(4)2(5)6/h2-9,15H,10-12H2,1H3,(H,19,20);(H,3,4)(H,5,6). The highest BCUT2D eigenvalue weighted by Gasteiger charge is 2.30. The molecule has 0 aliphatic carbocycles. The van der Waals surface area contributed by atoms with E-state index in [1.165, 1.54) is 11.1 Å². The second-order valence-electron chi connectivity index (χ2n) is 6.63. The zero-order chi connectivity index (χ0) is 19.4. The third-order valence-electron chi connectivity index (χ3n) is 4.43. The van der Waals surface area contributed by atoms with Gasteiger partial charge in [-0.2, -0.15) is 0 Å². The van der Waals surface area contributed by atoms with Gasteiger partial charge in [0.2, 0.25) is 0 Å². The number of aliphatic carboxylic acids is 2. The Morgan fingerprint density at radius 2 is 1.78 bits per heavy atom. The van der Waals surface area contributed by atoms with Crippen LogP contribution in [0.25, 0.3) is 11.0 Å². The highest BCUT2D eigenvalue weighted by Crippen LogP contribution is 2.28. The number of fused-ring (bicyclic) bond motifs is 1. The van der Waals surface area contributed by atoms with E-state index in [0.717, 1.165) is 36.5 Å². The summed E-state index contributed by atoms with van der Waals surface area (Å²) in [7, 11) is 0. The van der Waals surface area contributed by atoms with Gasteiger partial charge in [-0.25, -0.2) is 14.6 Å². The van der Waals surface area contributed by atoms with Crippen LogP contribution < -0.4 is 0 Å². The van der Waals surface area contributed by atoms with E-state index < -0.39 is 11.9 Å². The smallest absolute Gasteiger partial charge is 0.414 e. The van der Waals surface area contributed by atoms with Crippen LogP contribution in [0, 0.1) is 6.92 Å². The predicted octanol–water partition coefficient (Wildman–Crippen LogP) is 2.63. The van der Waals surface area contributed by atoms with Crippen LogP contribution in [0.5, 0.6) is 0 Å². The van der Waals surface area contributed by atoms with Crippen molar-refractivity contribution in [1.29, 1.82) is 0 Å². The fraction of sp³-hybridized carbons (Fsp3) is 0.250. The summed E-state index contributed by atoms with van der Waals surface area (Å²) in [6.07, 6.45) is 0. The first-order valence-corrected chi connectivity index (χ1v) is 8.61. The molecule has 2 heterocycles. The molecule has 0 spiro atoms. The molecule has 7 heteroatoms. The first kappa shape index (κ1) is 18.6. The molecule has 1 fully saturated rings. The summed E-state index contributed by atoms with van der Waals surface area (Å²) in [5.41, 5.74) is 4.90. The average Bonchev–Trinajstić information content (AvgIpc) is 3.01. The molecule has 0 amide bonds. The van der Waals surface area contributed by atoms with Crippen LogP contribution in [0.1, 0.15) is 22.9 Å². The van der Waals surface area contributed by atoms with Crippen LogP contribution in [-0.2, 0) is 16.1 Å². The molecule has 0 radical (unpaired) electrons. The number of H-pyrrole nitrogens is 1. The van der Waals surface area contributed by atoms with Gasteiger partial charge < -0.3 is 15.2 Å². The molecule has 27 heavy (non-hydrogen) atoms. The lowest BCUT2D eigenvalue weighted by Crippen LogP contribution is -2.44. The lowest BCUT2D eigenvalue weighted by molar-refractivity contribution is -0.159. The SMILES string of the molecule is Cc1ccc2nc(C3CN(Cc4ccccc4)C3)[nH]c2c1.O=C(O)C(=O)O. The topological polar surface area (TPSA) is 107 Å². The van der Waals surface area contributed by atoms with Crippen molar-refractivity contribution in [2.24, 2.45) is 0 Å². The van der Waals surface area contributed by atoms with Crippen molar-refractivity contribution in [2.45, 2.75) is 19.4 Å². The summed E-state index contributed by atoms with van der Waals surface area (Å²) in [5.74, 6) is -1.97. The number of carboxylic acid groups (broad SMARTS) is 2. The van der Waals surface area contributed by atoms with Crippen LogP contribution in [0.4, 0.5) is 0 Å². The molecule has 1 aromatic heterocycles. The molecule has 1 aliphatic rings. The number of nitrogens with one attached hydrogen (secondary N) is 1. The average molecular weight is 367 g/mol. The fourth-order valence-corrected chi connectivity index (χ4v) is 3.05. The number of aryl methyl sites for hydroxylation is 1. The molecule has 1 saturated heterocycles. The Kier molecular flexibility index (Phi) is 5.52. The van der Waals surface area contributed by atoms with Crippen molar-refractivity contribution in [2.75, 3.05) is 13.1 Å². The molecule has 140 valence electrons. The van der Waals surface area contributed by atoms with E-state index in [0.29, 0.717) is 5.92 Å². The van der Waals surface area contributed by atoms with Crippen molar-refractivity contribution in [3.8, 4) is 0 Å². The van der Waals surface area contributed by atoms with E-state index in [4.69, 9.17) is 24.8 Å². The Labute approximate surface area is 156 Å². The predicted molar refractivity (Wildman–Crippen MR) is 101 cm³/mol. The zero-order valence-electron chi connectivity index (χ0n) is 14.9. The maximum atomic E-state index is 9.10. The molecule has 0 atom stereocenters. The van der Waals surface area contributed by atoms with E-state index in [1.54, 1.807) is 0 Å². The summed E-state index contributed by atoms with van der Waals surface area (Å²) in [6.45, 7) is 5.34. The van der Waals surface area contributed by atoms with Crippen molar-refractivity contribution in [3.05, 3.63) is 65.5 Å². The lowest BCUT2D eigenvalue weighted by Gasteiger charge is -2.38. The van der Waals surface area contributed by atoms with E-state index >= 15 is 0 Å². The zero-order valence-corrected chi connectivity index (χ0v) is 14.9. The van der Waals surface area contributed by atoms with Gasteiger partial charge in [-0.1, -0.05) is 36.4 Å². The number of benzene rings is 2. The number of hydrogen-bond donors (Lipinski definition) is 3. The van der Waals surface area contributed by atoms with E-state index in [9.17, 15) is 0 Å². The maximum Gasteiger partial charge on any atom is 0.414 e. The monoisotopic (exact) mass is 367 g/mol. The van der Waals surface area contributed by atoms with Gasteiger partial charge in [-0.15, -0.1) is 0 Å². The molecule has 3 aromatic rings. The summed E-state index contributed by atoms with van der Waals surface area (Å²) >= 11 is 0. The molecule has 4 rings (SSSR count). The minimum atomic E-state index is -1.82. The summed E-state index contributed by atoms with van der Waals surface area (Å²) < 4.78 is 0. The molecule has 7 nitrogen and oxygen atoms in total. The first-order valence-electron chi connectivity index (χ1n) is 8.61. The molecular weight excluding hydrogens is 346 g/mol. The van der Waals surface area contributed by atoms with Crippen molar-refractivity contribution >= 4 is 23.0 Å². The van der Waals surface area contributed by atoms with Gasteiger partial charge in [0.15, 0.2) is 0 Å². The Balaban J connectivity index is 0.000000307. The molecule has 0 unspecified atom stereocenters. The number of aromatic nitrogens is 2. The minimum Gasteiger partial charge on any atom is -0.473 e. The van der Waals surface area contributed by atoms with Crippen molar-refractivity contribution in [1.82, 2.24) is 14.9 Å². The number of rotatable bonds is 3. The van der Waals surface area contributed by atoms with Crippen molar-refractivity contribution < 1.29 is 19.8 Å². The quantitative estimate of drug-likeness (QED) is 0.615. The normalized spacial score (nSPS) is 14.3. The number of hydrogen-bond acceptors (Lipinski definition) is 4. The van der Waals surface area contributed by atoms with E-state index in [1.807, 2.05) is 0 Å². The number of carboxylic acids is 2. The fourth-order valence-electron chi connectivity index (χ4n) is 3.05. The van der Waals surface area contributed by atoms with Gasteiger partial charge in [0, 0.05) is 25.6 Å². The largest absolute Gasteiger partial charge is 0.473 e. The Morgan fingerprint density at radius 1 is 1.11 bits per heavy atom.